The molecule has 0 radical (unpaired) electrons. The van der Waals surface area contributed by atoms with Gasteiger partial charge in [0, 0.05) is 31.2 Å². The minimum absolute atomic E-state index is 0.316. The highest BCUT2D eigenvalue weighted by Crippen LogP contribution is 2.39. The zero-order chi connectivity index (χ0) is 17.1. The second-order valence-electron chi connectivity index (χ2n) is 8.14. The summed E-state index contributed by atoms with van der Waals surface area (Å²) < 4.78 is 0. The summed E-state index contributed by atoms with van der Waals surface area (Å²) in [6.07, 6.45) is 10.2. The Morgan fingerprint density at radius 1 is 1.12 bits per heavy atom. The molecule has 2 aliphatic heterocycles. The molecule has 4 rings (SSSR count). The first kappa shape index (κ1) is 17.3. The Morgan fingerprint density at radius 2 is 2.00 bits per heavy atom. The molecule has 0 aromatic heterocycles. The van der Waals surface area contributed by atoms with Crippen molar-refractivity contribution in [2.75, 3.05) is 19.7 Å². The molecule has 0 bridgehead atoms. The summed E-state index contributed by atoms with van der Waals surface area (Å²) in [6.45, 7) is 3.64. The van der Waals surface area contributed by atoms with E-state index in [1.807, 2.05) is 0 Å². The molecular formula is C22H32N2O. The molecule has 1 aromatic carbocycles. The number of fused-ring (bicyclic) bond motifs is 1. The van der Waals surface area contributed by atoms with Gasteiger partial charge in [-0.25, -0.2) is 0 Å². The van der Waals surface area contributed by atoms with Crippen molar-refractivity contribution in [2.45, 2.75) is 57.2 Å². The van der Waals surface area contributed by atoms with E-state index >= 15 is 0 Å². The Bertz CT molecular complexity index is 579. The second kappa shape index (κ2) is 8.03. The van der Waals surface area contributed by atoms with Gasteiger partial charge in [0.1, 0.15) is 0 Å². The number of nitrogens with zero attached hydrogens (tertiary/aromatic N) is 1. The van der Waals surface area contributed by atoms with Crippen molar-refractivity contribution in [3.63, 3.8) is 0 Å². The third kappa shape index (κ3) is 3.84. The van der Waals surface area contributed by atoms with Gasteiger partial charge in [-0.2, -0.15) is 0 Å². The highest BCUT2D eigenvalue weighted by atomic mass is 16.3. The van der Waals surface area contributed by atoms with Gasteiger partial charge < -0.3 is 10.4 Å². The van der Waals surface area contributed by atoms with E-state index in [-0.39, 0.29) is 0 Å². The van der Waals surface area contributed by atoms with Gasteiger partial charge in [-0.15, -0.1) is 0 Å². The van der Waals surface area contributed by atoms with Gasteiger partial charge in [0.25, 0.3) is 0 Å². The van der Waals surface area contributed by atoms with E-state index in [1.165, 1.54) is 37.7 Å². The number of rotatable bonds is 4. The molecule has 0 amide bonds. The summed E-state index contributed by atoms with van der Waals surface area (Å²) in [4.78, 5) is 2.62. The SMILES string of the molecule is OC[C@H]1C[C@@H]([C@H]2CCCCN2)C=C2CCCN(Cc3ccccc3)[C@H]21. The van der Waals surface area contributed by atoms with Crippen LogP contribution >= 0.6 is 0 Å². The summed E-state index contributed by atoms with van der Waals surface area (Å²) in [6, 6.07) is 11.9. The minimum Gasteiger partial charge on any atom is -0.396 e. The van der Waals surface area contributed by atoms with Crippen molar-refractivity contribution in [2.24, 2.45) is 11.8 Å². The molecule has 3 heteroatoms. The largest absolute Gasteiger partial charge is 0.396 e. The predicted octanol–water partition coefficient (Wildman–Crippen LogP) is 3.35. The number of hydrogen-bond donors (Lipinski definition) is 2. The van der Waals surface area contributed by atoms with Crippen LogP contribution in [0.2, 0.25) is 0 Å². The van der Waals surface area contributed by atoms with Crippen LogP contribution in [0.3, 0.4) is 0 Å². The van der Waals surface area contributed by atoms with E-state index in [9.17, 15) is 5.11 Å². The number of hydrogen-bond acceptors (Lipinski definition) is 3. The third-order valence-corrected chi connectivity index (χ3v) is 6.46. The Morgan fingerprint density at radius 3 is 2.76 bits per heavy atom. The molecule has 1 aliphatic carbocycles. The third-order valence-electron chi connectivity index (χ3n) is 6.46. The Labute approximate surface area is 152 Å². The van der Waals surface area contributed by atoms with Gasteiger partial charge in [0.15, 0.2) is 0 Å². The quantitative estimate of drug-likeness (QED) is 0.825. The molecule has 2 N–H and O–H groups in total. The van der Waals surface area contributed by atoms with E-state index in [4.69, 9.17) is 0 Å². The van der Waals surface area contributed by atoms with E-state index in [0.29, 0.717) is 30.5 Å². The average Bonchev–Trinajstić information content (AvgIpc) is 2.69. The minimum atomic E-state index is 0.316. The molecule has 3 aliphatic rings. The van der Waals surface area contributed by atoms with E-state index in [2.05, 4.69) is 46.6 Å². The van der Waals surface area contributed by atoms with Crippen LogP contribution in [0.5, 0.6) is 0 Å². The monoisotopic (exact) mass is 340 g/mol. The van der Waals surface area contributed by atoms with Crippen LogP contribution in [0, 0.1) is 11.8 Å². The van der Waals surface area contributed by atoms with Crippen LogP contribution < -0.4 is 5.32 Å². The molecule has 0 saturated carbocycles. The lowest BCUT2D eigenvalue weighted by Crippen LogP contribution is -2.51. The van der Waals surface area contributed by atoms with Crippen LogP contribution in [0.4, 0.5) is 0 Å². The molecule has 136 valence electrons. The van der Waals surface area contributed by atoms with Crippen molar-refractivity contribution < 1.29 is 5.11 Å². The zero-order valence-corrected chi connectivity index (χ0v) is 15.2. The lowest BCUT2D eigenvalue weighted by Gasteiger charge is -2.47. The Hall–Kier alpha value is -1.16. The molecular weight excluding hydrogens is 308 g/mol. The van der Waals surface area contributed by atoms with Gasteiger partial charge in [-0.1, -0.05) is 48.4 Å². The Kier molecular flexibility index (Phi) is 5.54. The van der Waals surface area contributed by atoms with Gasteiger partial charge in [-0.3, -0.25) is 4.90 Å². The van der Waals surface area contributed by atoms with E-state index in [0.717, 1.165) is 26.1 Å². The molecule has 2 fully saturated rings. The first-order valence-corrected chi connectivity index (χ1v) is 10.2. The highest BCUT2D eigenvalue weighted by Gasteiger charge is 2.39. The average molecular weight is 341 g/mol. The van der Waals surface area contributed by atoms with Crippen LogP contribution in [-0.4, -0.2) is 41.8 Å². The number of likely N-dealkylation sites (tertiary alicyclic amines) is 1. The fraction of sp³-hybridized carbons (Fsp3) is 0.636. The first-order chi connectivity index (χ1) is 12.3. The van der Waals surface area contributed by atoms with Gasteiger partial charge in [0.05, 0.1) is 0 Å². The summed E-state index contributed by atoms with van der Waals surface area (Å²) in [7, 11) is 0. The number of aliphatic hydroxyl groups excluding tert-OH is 1. The fourth-order valence-electron chi connectivity index (χ4n) is 5.31. The van der Waals surface area contributed by atoms with Gasteiger partial charge >= 0.3 is 0 Å². The van der Waals surface area contributed by atoms with Crippen LogP contribution in [-0.2, 0) is 6.54 Å². The predicted molar refractivity (Wildman–Crippen MR) is 102 cm³/mol. The molecule has 1 aromatic rings. The number of piperidine rings is 2. The lowest BCUT2D eigenvalue weighted by molar-refractivity contribution is 0.0680. The Balaban J connectivity index is 1.53. The fourth-order valence-corrected chi connectivity index (χ4v) is 5.31. The standard InChI is InChI=1S/C22H32N2O/c25-16-20-14-19(21-10-4-5-11-23-21)13-18-9-6-12-24(22(18)20)15-17-7-2-1-3-8-17/h1-3,7-8,13,19-23,25H,4-6,9-12,14-16H2/t19-,20+,21+,22+/m0/s1. The normalized spacial score (nSPS) is 33.6. The smallest absolute Gasteiger partial charge is 0.0477 e. The highest BCUT2D eigenvalue weighted by molar-refractivity contribution is 5.23. The maximum Gasteiger partial charge on any atom is 0.0477 e. The molecule has 25 heavy (non-hydrogen) atoms. The number of nitrogens with one attached hydrogen (secondary N) is 1. The molecule has 4 atom stereocenters. The van der Waals surface area contributed by atoms with Crippen molar-refractivity contribution in [3.05, 3.63) is 47.5 Å². The molecule has 3 nitrogen and oxygen atoms in total. The van der Waals surface area contributed by atoms with Crippen LogP contribution in [0.15, 0.2) is 42.0 Å². The summed E-state index contributed by atoms with van der Waals surface area (Å²) >= 11 is 0. The van der Waals surface area contributed by atoms with Gasteiger partial charge in [0.2, 0.25) is 0 Å². The molecule has 0 spiro atoms. The second-order valence-corrected chi connectivity index (χ2v) is 8.14. The topological polar surface area (TPSA) is 35.5 Å². The summed E-state index contributed by atoms with van der Waals surface area (Å²) in [5, 5.41) is 13.9. The lowest BCUT2D eigenvalue weighted by atomic mass is 9.72. The zero-order valence-electron chi connectivity index (χ0n) is 15.2. The van der Waals surface area contributed by atoms with Crippen molar-refractivity contribution in [1.29, 1.82) is 0 Å². The van der Waals surface area contributed by atoms with E-state index in [1.54, 1.807) is 5.57 Å². The number of aliphatic hydroxyl groups is 1. The van der Waals surface area contributed by atoms with E-state index < -0.39 is 0 Å². The van der Waals surface area contributed by atoms with Crippen molar-refractivity contribution in [1.82, 2.24) is 10.2 Å². The summed E-state index contributed by atoms with van der Waals surface area (Å²) in [5.74, 6) is 0.998. The number of benzene rings is 1. The van der Waals surface area contributed by atoms with Crippen molar-refractivity contribution in [3.8, 4) is 0 Å². The molecule has 2 heterocycles. The summed E-state index contributed by atoms with van der Waals surface area (Å²) in [5.41, 5.74) is 2.99. The van der Waals surface area contributed by atoms with Crippen LogP contribution in [0.1, 0.15) is 44.1 Å². The van der Waals surface area contributed by atoms with Crippen LogP contribution in [0.25, 0.3) is 0 Å². The molecule has 0 unspecified atom stereocenters. The maximum absolute atomic E-state index is 10.2. The first-order valence-electron chi connectivity index (χ1n) is 10.2. The molecule has 2 saturated heterocycles. The van der Waals surface area contributed by atoms with Crippen molar-refractivity contribution >= 4 is 0 Å². The maximum atomic E-state index is 10.2. The van der Waals surface area contributed by atoms with Gasteiger partial charge in [-0.05, 0) is 56.7 Å².